The average molecular weight is 316 g/mol. The van der Waals surface area contributed by atoms with Crippen LogP contribution in [-0.2, 0) is 11.3 Å². The molecular formula is C17H20N2O2S. The van der Waals surface area contributed by atoms with Crippen molar-refractivity contribution in [3.05, 3.63) is 58.3 Å². The van der Waals surface area contributed by atoms with Gasteiger partial charge < -0.3 is 15.3 Å². The molecule has 2 N–H and O–H groups in total. The number of aliphatic hydroxyl groups is 1. The number of carbonyl (C=O) groups excluding carboxylic acids is 1. The summed E-state index contributed by atoms with van der Waals surface area (Å²) in [6.07, 6.45) is -0.632. The van der Waals surface area contributed by atoms with Gasteiger partial charge in [0, 0.05) is 19.6 Å². The molecule has 0 aliphatic carbocycles. The van der Waals surface area contributed by atoms with Crippen LogP contribution in [0.25, 0.3) is 0 Å². The van der Waals surface area contributed by atoms with Crippen molar-refractivity contribution >= 4 is 17.2 Å². The molecule has 116 valence electrons. The van der Waals surface area contributed by atoms with Gasteiger partial charge in [-0.15, -0.1) is 0 Å². The van der Waals surface area contributed by atoms with E-state index in [0.29, 0.717) is 13.1 Å². The number of nitrogens with one attached hydrogen (secondary N) is 1. The van der Waals surface area contributed by atoms with E-state index in [0.717, 1.165) is 24.2 Å². The number of carbonyl (C=O) groups is 1. The first-order chi connectivity index (χ1) is 10.7. The molecule has 4 nitrogen and oxygen atoms in total. The predicted octanol–water partition coefficient (Wildman–Crippen LogP) is 2.03. The maximum absolute atomic E-state index is 12.6. The third-order valence-electron chi connectivity index (χ3n) is 3.98. The van der Waals surface area contributed by atoms with Crippen LogP contribution in [0.15, 0.2) is 47.2 Å². The van der Waals surface area contributed by atoms with Crippen molar-refractivity contribution in [1.82, 2.24) is 10.2 Å². The number of hydrogen-bond donors (Lipinski definition) is 2. The molecule has 1 unspecified atom stereocenters. The van der Waals surface area contributed by atoms with E-state index in [1.54, 1.807) is 16.2 Å². The zero-order chi connectivity index (χ0) is 15.4. The molecule has 0 bridgehead atoms. The number of nitrogens with zero attached hydrogens (tertiary/aromatic N) is 1. The monoisotopic (exact) mass is 316 g/mol. The summed E-state index contributed by atoms with van der Waals surface area (Å²) in [5.41, 5.74) is 1.96. The van der Waals surface area contributed by atoms with E-state index in [9.17, 15) is 9.90 Å². The van der Waals surface area contributed by atoms with Crippen molar-refractivity contribution in [3.63, 3.8) is 0 Å². The van der Waals surface area contributed by atoms with Crippen molar-refractivity contribution in [2.45, 2.75) is 12.6 Å². The van der Waals surface area contributed by atoms with E-state index in [2.05, 4.69) is 5.32 Å². The van der Waals surface area contributed by atoms with E-state index in [1.165, 1.54) is 0 Å². The Hall–Kier alpha value is -1.69. The van der Waals surface area contributed by atoms with Crippen LogP contribution in [0, 0.1) is 5.92 Å². The molecule has 22 heavy (non-hydrogen) atoms. The second-order valence-corrected chi connectivity index (χ2v) is 6.41. The third kappa shape index (κ3) is 3.55. The number of rotatable bonds is 6. The lowest BCUT2D eigenvalue weighted by Crippen LogP contribution is -2.52. The minimum Gasteiger partial charge on any atom is -0.387 e. The number of hydrogen-bond acceptors (Lipinski definition) is 4. The van der Waals surface area contributed by atoms with E-state index < -0.39 is 6.10 Å². The fourth-order valence-electron chi connectivity index (χ4n) is 2.54. The van der Waals surface area contributed by atoms with Gasteiger partial charge in [0.15, 0.2) is 0 Å². The molecule has 1 aromatic heterocycles. The van der Waals surface area contributed by atoms with Gasteiger partial charge in [-0.3, -0.25) is 4.79 Å². The Bertz CT molecular complexity index is 596. The Morgan fingerprint density at radius 2 is 2.09 bits per heavy atom. The summed E-state index contributed by atoms with van der Waals surface area (Å²) in [5.74, 6) is 0.162. The molecule has 2 heterocycles. The molecule has 3 rings (SSSR count). The van der Waals surface area contributed by atoms with Gasteiger partial charge in [-0.1, -0.05) is 30.3 Å². The SMILES string of the molecule is O=C(C1CNC1)N(Cc1ccccc1)CC(O)c1ccsc1. The lowest BCUT2D eigenvalue weighted by atomic mass is 10.0. The molecule has 0 saturated carbocycles. The van der Waals surface area contributed by atoms with Crippen LogP contribution in [0.2, 0.25) is 0 Å². The minimum atomic E-state index is -0.632. The number of aliphatic hydroxyl groups excluding tert-OH is 1. The molecule has 0 spiro atoms. The summed E-state index contributed by atoms with van der Waals surface area (Å²) in [4.78, 5) is 14.4. The van der Waals surface area contributed by atoms with Crippen molar-refractivity contribution in [2.75, 3.05) is 19.6 Å². The van der Waals surface area contributed by atoms with Crippen molar-refractivity contribution < 1.29 is 9.90 Å². The largest absolute Gasteiger partial charge is 0.387 e. The van der Waals surface area contributed by atoms with Crippen LogP contribution in [-0.4, -0.2) is 35.5 Å². The summed E-state index contributed by atoms with van der Waals surface area (Å²) in [7, 11) is 0. The van der Waals surface area contributed by atoms with Crippen LogP contribution >= 0.6 is 11.3 Å². The quantitative estimate of drug-likeness (QED) is 0.857. The van der Waals surface area contributed by atoms with Crippen molar-refractivity contribution in [1.29, 1.82) is 0 Å². The zero-order valence-corrected chi connectivity index (χ0v) is 13.1. The Kier molecular flexibility index (Phi) is 4.87. The van der Waals surface area contributed by atoms with Gasteiger partial charge in [0.2, 0.25) is 5.91 Å². The maximum atomic E-state index is 12.6. The van der Waals surface area contributed by atoms with Gasteiger partial charge >= 0.3 is 0 Å². The highest BCUT2D eigenvalue weighted by atomic mass is 32.1. The van der Waals surface area contributed by atoms with Crippen molar-refractivity contribution in [2.24, 2.45) is 5.92 Å². The van der Waals surface area contributed by atoms with E-state index in [-0.39, 0.29) is 11.8 Å². The number of thiophene rings is 1. The Morgan fingerprint density at radius 1 is 1.32 bits per heavy atom. The first kappa shape index (κ1) is 15.2. The minimum absolute atomic E-state index is 0.0402. The molecular weight excluding hydrogens is 296 g/mol. The third-order valence-corrected chi connectivity index (χ3v) is 4.68. The lowest BCUT2D eigenvalue weighted by Gasteiger charge is -2.33. The number of benzene rings is 1. The molecule has 5 heteroatoms. The first-order valence-corrected chi connectivity index (χ1v) is 8.42. The molecule has 1 fully saturated rings. The Labute approximate surface area is 134 Å². The van der Waals surface area contributed by atoms with Gasteiger partial charge in [-0.25, -0.2) is 0 Å². The second-order valence-electron chi connectivity index (χ2n) is 5.63. The van der Waals surface area contributed by atoms with Crippen LogP contribution in [0.4, 0.5) is 0 Å². The maximum Gasteiger partial charge on any atom is 0.228 e. The van der Waals surface area contributed by atoms with E-state index >= 15 is 0 Å². The van der Waals surface area contributed by atoms with Gasteiger partial charge in [0.1, 0.15) is 0 Å². The summed E-state index contributed by atoms with van der Waals surface area (Å²) in [5, 5.41) is 17.4. The molecule has 1 atom stereocenters. The van der Waals surface area contributed by atoms with E-state index in [4.69, 9.17) is 0 Å². The van der Waals surface area contributed by atoms with Gasteiger partial charge in [0.05, 0.1) is 18.6 Å². The molecule has 0 radical (unpaired) electrons. The first-order valence-electron chi connectivity index (χ1n) is 7.47. The van der Waals surface area contributed by atoms with Gasteiger partial charge in [-0.05, 0) is 28.0 Å². The molecule has 1 aromatic carbocycles. The summed E-state index contributed by atoms with van der Waals surface area (Å²) < 4.78 is 0. The molecule has 1 saturated heterocycles. The average Bonchev–Trinajstić information content (AvgIpc) is 3.00. The van der Waals surface area contributed by atoms with Gasteiger partial charge in [0.25, 0.3) is 0 Å². The molecule has 2 aromatic rings. The fourth-order valence-corrected chi connectivity index (χ4v) is 3.24. The fraction of sp³-hybridized carbons (Fsp3) is 0.353. The Balaban J connectivity index is 1.71. The lowest BCUT2D eigenvalue weighted by molar-refractivity contribution is -0.139. The highest BCUT2D eigenvalue weighted by Crippen LogP contribution is 2.20. The van der Waals surface area contributed by atoms with Crippen LogP contribution in [0.1, 0.15) is 17.2 Å². The highest BCUT2D eigenvalue weighted by Gasteiger charge is 2.30. The summed E-state index contributed by atoms with van der Waals surface area (Å²) in [6.45, 7) is 2.34. The van der Waals surface area contributed by atoms with Crippen molar-refractivity contribution in [3.8, 4) is 0 Å². The smallest absolute Gasteiger partial charge is 0.228 e. The standard InChI is InChI=1S/C17H20N2O2S/c20-16(14-6-7-22-12-14)11-19(17(21)15-8-18-9-15)10-13-4-2-1-3-5-13/h1-7,12,15-16,18,20H,8-11H2. The van der Waals surface area contributed by atoms with Crippen LogP contribution in [0.3, 0.4) is 0 Å². The van der Waals surface area contributed by atoms with Gasteiger partial charge in [-0.2, -0.15) is 11.3 Å². The predicted molar refractivity (Wildman–Crippen MR) is 87.5 cm³/mol. The second kappa shape index (κ2) is 7.05. The topological polar surface area (TPSA) is 52.6 Å². The Morgan fingerprint density at radius 3 is 2.68 bits per heavy atom. The molecule has 1 aliphatic rings. The normalized spacial score (nSPS) is 16.0. The van der Waals surface area contributed by atoms with Crippen LogP contribution < -0.4 is 5.32 Å². The van der Waals surface area contributed by atoms with Crippen LogP contribution in [0.5, 0.6) is 0 Å². The molecule has 1 amide bonds. The molecule has 1 aliphatic heterocycles. The zero-order valence-electron chi connectivity index (χ0n) is 12.3. The van der Waals surface area contributed by atoms with E-state index in [1.807, 2.05) is 47.2 Å². The number of amides is 1. The highest BCUT2D eigenvalue weighted by molar-refractivity contribution is 7.07. The summed E-state index contributed by atoms with van der Waals surface area (Å²) >= 11 is 1.56. The summed E-state index contributed by atoms with van der Waals surface area (Å²) in [6, 6.07) is 11.8.